The van der Waals surface area contributed by atoms with Crippen molar-refractivity contribution in [2.24, 2.45) is 5.92 Å². The van der Waals surface area contributed by atoms with Gasteiger partial charge in [0.1, 0.15) is 6.04 Å². The van der Waals surface area contributed by atoms with E-state index in [9.17, 15) is 9.59 Å². The Morgan fingerprint density at radius 2 is 2.27 bits per heavy atom. The predicted molar refractivity (Wildman–Crippen MR) is 56.7 cm³/mol. The largest absolute Gasteiger partial charge is 0.331 e. The van der Waals surface area contributed by atoms with E-state index >= 15 is 0 Å². The highest BCUT2D eigenvalue weighted by molar-refractivity contribution is 5.84. The maximum Gasteiger partial charge on any atom is 0.331 e. The van der Waals surface area contributed by atoms with Crippen molar-refractivity contribution in [3.8, 4) is 0 Å². The van der Waals surface area contributed by atoms with Gasteiger partial charge in [-0.3, -0.25) is 10.5 Å². The lowest BCUT2D eigenvalue weighted by Gasteiger charge is -2.22. The zero-order valence-electron chi connectivity index (χ0n) is 9.66. The molecule has 2 amide bonds. The molecule has 4 heteroatoms. The molecule has 2 unspecified atom stereocenters. The predicted octanol–water partition coefficient (Wildman–Crippen LogP) is 0.182. The fraction of sp³-hybridized carbons (Fsp3) is 0.818. The second kappa shape index (κ2) is 5.26. The maximum atomic E-state index is 11.7. The fourth-order valence-corrected chi connectivity index (χ4v) is 2.33. The molecule has 4 nitrogen and oxygen atoms in total. The van der Waals surface area contributed by atoms with E-state index in [1.165, 1.54) is 0 Å². The first-order chi connectivity index (χ1) is 7.10. The summed E-state index contributed by atoms with van der Waals surface area (Å²) >= 11 is 0. The summed E-state index contributed by atoms with van der Waals surface area (Å²) in [6, 6.07) is -0.292. The van der Waals surface area contributed by atoms with Crippen molar-refractivity contribution in [3.63, 3.8) is 0 Å². The highest BCUT2D eigenvalue weighted by Crippen LogP contribution is 2.24. The molecule has 15 heavy (non-hydrogen) atoms. The average molecular weight is 213 g/mol. The molecule has 0 aromatic carbocycles. The van der Waals surface area contributed by atoms with E-state index in [4.69, 9.17) is 0 Å². The van der Waals surface area contributed by atoms with Crippen LogP contribution >= 0.6 is 0 Å². The molecular formula is C11H21N2O2+. The molecule has 1 saturated heterocycles. The summed E-state index contributed by atoms with van der Waals surface area (Å²) in [6.07, 6.45) is 3.45. The van der Waals surface area contributed by atoms with Gasteiger partial charge < -0.3 is 4.90 Å². The van der Waals surface area contributed by atoms with Crippen LogP contribution < -0.4 is 5.73 Å². The zero-order valence-corrected chi connectivity index (χ0v) is 9.66. The van der Waals surface area contributed by atoms with Crippen LogP contribution in [0.4, 0.5) is 0 Å². The number of hydrogen-bond acceptors (Lipinski definition) is 2. The minimum atomic E-state index is -0.292. The quantitative estimate of drug-likeness (QED) is 0.708. The van der Waals surface area contributed by atoms with Crippen LogP contribution in [0.15, 0.2) is 0 Å². The Bertz CT molecular complexity index is 253. The van der Waals surface area contributed by atoms with Crippen LogP contribution in [0.25, 0.3) is 0 Å². The van der Waals surface area contributed by atoms with Gasteiger partial charge in [-0.15, -0.1) is 0 Å². The Morgan fingerprint density at radius 1 is 1.60 bits per heavy atom. The number of quaternary nitrogens is 1. The van der Waals surface area contributed by atoms with Gasteiger partial charge in [0.05, 0.1) is 0 Å². The smallest absolute Gasteiger partial charge is 0.326 e. The van der Waals surface area contributed by atoms with Gasteiger partial charge in [0.25, 0.3) is 0 Å². The Kier molecular flexibility index (Phi) is 4.27. The molecule has 0 bridgehead atoms. The van der Waals surface area contributed by atoms with E-state index in [1.54, 1.807) is 4.90 Å². The van der Waals surface area contributed by atoms with Crippen LogP contribution in [-0.4, -0.2) is 29.3 Å². The van der Waals surface area contributed by atoms with Gasteiger partial charge in [-0.1, -0.05) is 20.3 Å². The van der Waals surface area contributed by atoms with Crippen molar-refractivity contribution >= 4 is 11.8 Å². The van der Waals surface area contributed by atoms with E-state index in [0.717, 1.165) is 19.4 Å². The zero-order chi connectivity index (χ0) is 11.4. The molecule has 86 valence electrons. The van der Waals surface area contributed by atoms with E-state index in [2.05, 4.69) is 12.7 Å². The lowest BCUT2D eigenvalue weighted by Crippen LogP contribution is -2.66. The van der Waals surface area contributed by atoms with Gasteiger partial charge in [0.2, 0.25) is 5.91 Å². The van der Waals surface area contributed by atoms with Crippen molar-refractivity contribution in [3.05, 3.63) is 0 Å². The van der Waals surface area contributed by atoms with Crippen LogP contribution in [-0.2, 0) is 9.59 Å². The molecule has 1 heterocycles. The average Bonchev–Trinajstić information content (AvgIpc) is 2.49. The molecule has 3 N–H and O–H groups in total. The topological polar surface area (TPSA) is 65.0 Å². The summed E-state index contributed by atoms with van der Waals surface area (Å²) in [5.74, 6) is 0.427. The van der Waals surface area contributed by atoms with Gasteiger partial charge in [0.15, 0.2) is 0 Å². The number of likely N-dealkylation sites (tertiary alicyclic amines) is 1. The molecule has 0 aromatic heterocycles. The number of rotatable bonds is 5. The van der Waals surface area contributed by atoms with Gasteiger partial charge in [-0.05, 0) is 18.8 Å². The molecule has 1 fully saturated rings. The summed E-state index contributed by atoms with van der Waals surface area (Å²) in [5, 5.41) is 0. The van der Waals surface area contributed by atoms with E-state index in [-0.39, 0.29) is 17.9 Å². The third kappa shape index (κ3) is 2.78. The van der Waals surface area contributed by atoms with Gasteiger partial charge in [-0.25, -0.2) is 4.79 Å². The Hall–Kier alpha value is -0.900. The van der Waals surface area contributed by atoms with E-state index < -0.39 is 0 Å². The summed E-state index contributed by atoms with van der Waals surface area (Å²) in [5.41, 5.74) is 3.43. The highest BCUT2D eigenvalue weighted by atomic mass is 16.2. The van der Waals surface area contributed by atoms with Crippen LogP contribution in [0.3, 0.4) is 0 Å². The first-order valence-electron chi connectivity index (χ1n) is 5.75. The molecule has 1 aliphatic heterocycles. The minimum Gasteiger partial charge on any atom is -0.326 e. The summed E-state index contributed by atoms with van der Waals surface area (Å²) in [6.45, 7) is 4.79. The number of amides is 2. The van der Waals surface area contributed by atoms with Crippen molar-refractivity contribution in [2.45, 2.75) is 45.6 Å². The number of nitrogens with zero attached hydrogens (tertiary/aromatic N) is 1. The lowest BCUT2D eigenvalue weighted by molar-refractivity contribution is -0.311. The summed E-state index contributed by atoms with van der Waals surface area (Å²) in [4.78, 5) is 24.7. The normalized spacial score (nSPS) is 23.3. The highest BCUT2D eigenvalue weighted by Gasteiger charge is 2.36. The van der Waals surface area contributed by atoms with Crippen molar-refractivity contribution in [1.82, 2.24) is 4.90 Å². The van der Waals surface area contributed by atoms with Crippen molar-refractivity contribution in [1.29, 1.82) is 0 Å². The maximum absolute atomic E-state index is 11.7. The third-order valence-electron chi connectivity index (χ3n) is 3.07. The summed E-state index contributed by atoms with van der Waals surface area (Å²) in [7, 11) is 0. The Balaban J connectivity index is 2.63. The molecule has 0 saturated carbocycles. The molecule has 0 spiro atoms. The first kappa shape index (κ1) is 12.2. The molecule has 0 aromatic rings. The van der Waals surface area contributed by atoms with Crippen LogP contribution in [0.5, 0.6) is 0 Å². The molecule has 0 aliphatic carbocycles. The Labute approximate surface area is 90.8 Å². The van der Waals surface area contributed by atoms with Gasteiger partial charge in [0, 0.05) is 13.0 Å². The molecule has 1 aliphatic rings. The molecule has 1 rings (SSSR count). The molecule has 0 radical (unpaired) electrons. The van der Waals surface area contributed by atoms with E-state index in [0.29, 0.717) is 18.8 Å². The van der Waals surface area contributed by atoms with Crippen LogP contribution in [0, 0.1) is 5.92 Å². The van der Waals surface area contributed by atoms with Gasteiger partial charge in [-0.2, -0.15) is 0 Å². The van der Waals surface area contributed by atoms with Crippen molar-refractivity contribution in [2.75, 3.05) is 6.54 Å². The van der Waals surface area contributed by atoms with Gasteiger partial charge >= 0.3 is 5.91 Å². The monoisotopic (exact) mass is 213 g/mol. The number of carbonyl (C=O) groups excluding carboxylic acids is 2. The number of hydrogen-bond donors (Lipinski definition) is 1. The molecule has 2 atom stereocenters. The minimum absolute atomic E-state index is 0.123. The van der Waals surface area contributed by atoms with Crippen LogP contribution in [0.2, 0.25) is 0 Å². The first-order valence-corrected chi connectivity index (χ1v) is 5.75. The van der Waals surface area contributed by atoms with Crippen molar-refractivity contribution < 1.29 is 15.3 Å². The lowest BCUT2D eigenvalue weighted by atomic mass is 10.0. The Morgan fingerprint density at radius 3 is 2.73 bits per heavy atom. The second-order valence-corrected chi connectivity index (χ2v) is 4.30. The second-order valence-electron chi connectivity index (χ2n) is 4.30. The third-order valence-corrected chi connectivity index (χ3v) is 3.07. The SMILES string of the molecule is CCCC1CC(=O)N(C(CC)C([NH3+])=O)C1. The molecular weight excluding hydrogens is 192 g/mol. The van der Waals surface area contributed by atoms with Crippen LogP contribution in [0.1, 0.15) is 39.5 Å². The fourth-order valence-electron chi connectivity index (χ4n) is 2.33. The standard InChI is InChI=1S/C11H20N2O2/c1-3-5-8-6-10(14)13(7-8)9(4-2)11(12)15/h8-9H,3-7H2,1-2H3,(H2,12,15)/p+1. The number of carbonyl (C=O) groups is 2. The summed E-state index contributed by atoms with van der Waals surface area (Å²) < 4.78 is 0. The van der Waals surface area contributed by atoms with E-state index in [1.807, 2.05) is 6.92 Å².